The molecule has 0 fully saturated rings. The van der Waals surface area contributed by atoms with Gasteiger partial charge in [-0.25, -0.2) is 14.2 Å². The summed E-state index contributed by atoms with van der Waals surface area (Å²) in [6.07, 6.45) is 0. The highest BCUT2D eigenvalue weighted by atomic mass is 19.1. The molecule has 5 nitrogen and oxygen atoms in total. The first kappa shape index (κ1) is 13.0. The normalized spacial score (nSPS) is 11.8. The molecule has 0 bridgehead atoms. The van der Waals surface area contributed by atoms with Crippen LogP contribution >= 0.6 is 0 Å². The summed E-state index contributed by atoms with van der Waals surface area (Å²) in [6.45, 7) is 0. The third-order valence-electron chi connectivity index (χ3n) is 3.00. The Morgan fingerprint density at radius 2 is 1.76 bits per heavy atom. The second kappa shape index (κ2) is 5.16. The Kier molecular flexibility index (Phi) is 3.19. The number of halogens is 1. The Labute approximate surface area is 118 Å². The average Bonchev–Trinajstić information content (AvgIpc) is 2.47. The Morgan fingerprint density at radius 1 is 1.05 bits per heavy atom. The van der Waals surface area contributed by atoms with Gasteiger partial charge in [0.2, 0.25) is 0 Å². The summed E-state index contributed by atoms with van der Waals surface area (Å²) in [5, 5.41) is 8.66. The van der Waals surface area contributed by atoms with E-state index in [4.69, 9.17) is 5.41 Å². The quantitative estimate of drug-likeness (QED) is 0.462. The van der Waals surface area contributed by atoms with Crippen molar-refractivity contribution in [3.63, 3.8) is 0 Å². The second-order valence-corrected chi connectivity index (χ2v) is 4.44. The van der Waals surface area contributed by atoms with Crippen LogP contribution in [0.5, 0.6) is 0 Å². The molecule has 0 aliphatic heterocycles. The molecule has 3 N–H and O–H groups in total. The van der Waals surface area contributed by atoms with Crippen LogP contribution in [0.1, 0.15) is 5.56 Å². The van der Waals surface area contributed by atoms with Gasteiger partial charge in [0.05, 0.1) is 5.52 Å². The molecule has 3 rings (SSSR count). The van der Waals surface area contributed by atoms with Gasteiger partial charge in [0, 0.05) is 10.9 Å². The van der Waals surface area contributed by atoms with E-state index in [9.17, 15) is 9.18 Å². The molecule has 6 heteroatoms. The highest BCUT2D eigenvalue weighted by Gasteiger charge is 2.02. The Hall–Kier alpha value is -3.02. The van der Waals surface area contributed by atoms with E-state index in [0.29, 0.717) is 22.0 Å². The van der Waals surface area contributed by atoms with Crippen molar-refractivity contribution in [3.05, 3.63) is 75.9 Å². The fraction of sp³-hybridized carbons (Fsp3) is 0. The average molecular weight is 282 g/mol. The molecule has 0 saturated heterocycles. The highest BCUT2D eigenvalue weighted by Crippen LogP contribution is 2.05. The lowest BCUT2D eigenvalue weighted by atomic mass is 10.2. The van der Waals surface area contributed by atoms with Crippen LogP contribution in [0.15, 0.2) is 58.3 Å². The van der Waals surface area contributed by atoms with Crippen LogP contribution in [0.25, 0.3) is 10.9 Å². The zero-order valence-electron chi connectivity index (χ0n) is 10.9. The van der Waals surface area contributed by atoms with Crippen molar-refractivity contribution >= 4 is 16.7 Å². The number of para-hydroxylation sites is 1. The molecule has 1 heterocycles. The maximum atomic E-state index is 12.9. The molecule has 0 aliphatic carbocycles. The third-order valence-corrected chi connectivity index (χ3v) is 3.00. The number of H-pyrrole nitrogens is 2. The van der Waals surface area contributed by atoms with Crippen LogP contribution in [0, 0.1) is 11.2 Å². The summed E-state index contributed by atoms with van der Waals surface area (Å²) in [5.41, 5.74) is 0.990. The summed E-state index contributed by atoms with van der Waals surface area (Å²) in [4.78, 5) is 20.9. The van der Waals surface area contributed by atoms with Crippen LogP contribution < -0.4 is 11.2 Å². The van der Waals surface area contributed by atoms with E-state index in [1.54, 1.807) is 18.2 Å². The first-order chi connectivity index (χ1) is 10.1. The van der Waals surface area contributed by atoms with Crippen molar-refractivity contribution < 1.29 is 4.39 Å². The van der Waals surface area contributed by atoms with E-state index < -0.39 is 5.69 Å². The number of benzene rings is 2. The largest absolute Gasteiger partial charge is 0.324 e. The second-order valence-electron chi connectivity index (χ2n) is 4.44. The first-order valence-corrected chi connectivity index (χ1v) is 6.24. The molecule has 1 aromatic heterocycles. The molecule has 21 heavy (non-hydrogen) atoms. The van der Waals surface area contributed by atoms with Crippen molar-refractivity contribution in [2.24, 2.45) is 4.99 Å². The minimum Gasteiger partial charge on any atom is -0.307 e. The van der Waals surface area contributed by atoms with Crippen molar-refractivity contribution in [2.75, 3.05) is 0 Å². The van der Waals surface area contributed by atoms with Gasteiger partial charge in [-0.05, 0) is 36.4 Å². The number of hydrogen-bond acceptors (Lipinski definition) is 2. The number of hydrogen-bond donors (Lipinski definition) is 3. The number of aromatic nitrogens is 2. The van der Waals surface area contributed by atoms with Gasteiger partial charge in [0.1, 0.15) is 11.3 Å². The number of nitrogens with zero attached hydrogens (tertiary/aromatic N) is 1. The zero-order chi connectivity index (χ0) is 14.8. The zero-order valence-corrected chi connectivity index (χ0v) is 10.9. The van der Waals surface area contributed by atoms with Gasteiger partial charge >= 0.3 is 5.69 Å². The first-order valence-electron chi connectivity index (χ1n) is 6.24. The maximum absolute atomic E-state index is 12.9. The van der Waals surface area contributed by atoms with Crippen LogP contribution in [-0.4, -0.2) is 15.8 Å². The van der Waals surface area contributed by atoms with Crippen LogP contribution in [0.2, 0.25) is 0 Å². The van der Waals surface area contributed by atoms with Gasteiger partial charge in [-0.2, -0.15) is 0 Å². The van der Waals surface area contributed by atoms with Crippen molar-refractivity contribution in [2.45, 2.75) is 0 Å². The van der Waals surface area contributed by atoms with E-state index >= 15 is 0 Å². The minimum atomic E-state index is -0.403. The predicted octanol–water partition coefficient (Wildman–Crippen LogP) is 1.92. The summed E-state index contributed by atoms with van der Waals surface area (Å²) in [6, 6.07) is 12.6. The van der Waals surface area contributed by atoms with Gasteiger partial charge in [0.15, 0.2) is 5.84 Å². The van der Waals surface area contributed by atoms with Crippen LogP contribution in [0.3, 0.4) is 0 Å². The van der Waals surface area contributed by atoms with Gasteiger partial charge in [0.25, 0.3) is 0 Å². The molecular formula is C15H11FN4O. The van der Waals surface area contributed by atoms with Crippen molar-refractivity contribution in [1.29, 1.82) is 5.41 Å². The van der Waals surface area contributed by atoms with Gasteiger partial charge in [-0.1, -0.05) is 12.1 Å². The third kappa shape index (κ3) is 2.64. The predicted molar refractivity (Wildman–Crippen MR) is 77.7 cm³/mol. The minimum absolute atomic E-state index is 0.0537. The number of fused-ring (bicyclic) bond motifs is 1. The monoisotopic (exact) mass is 282 g/mol. The molecule has 0 radical (unpaired) electrons. The van der Waals surface area contributed by atoms with E-state index in [0.717, 1.165) is 0 Å². The smallest absolute Gasteiger partial charge is 0.307 e. The lowest BCUT2D eigenvalue weighted by Gasteiger charge is -2.00. The molecule has 3 aromatic rings. The number of rotatable bonds is 1. The summed E-state index contributed by atoms with van der Waals surface area (Å²) < 4.78 is 12.9. The fourth-order valence-corrected chi connectivity index (χ4v) is 2.00. The van der Waals surface area contributed by atoms with Crippen molar-refractivity contribution in [1.82, 2.24) is 9.97 Å². The van der Waals surface area contributed by atoms with Crippen LogP contribution in [-0.2, 0) is 0 Å². The Balaban J connectivity index is 2.17. The highest BCUT2D eigenvalue weighted by molar-refractivity contribution is 5.97. The SMILES string of the molecule is N=C(/N=c1\[nH]c(=O)[nH]c2ccccc12)c1ccc(F)cc1. The van der Waals surface area contributed by atoms with Gasteiger partial charge in [-0.3, -0.25) is 10.4 Å². The lowest BCUT2D eigenvalue weighted by molar-refractivity contribution is 0.628. The molecule has 0 amide bonds. The topological polar surface area (TPSA) is 84.9 Å². The Bertz CT molecular complexity index is 938. The molecule has 0 unspecified atom stereocenters. The molecule has 0 saturated carbocycles. The maximum Gasteiger partial charge on any atom is 0.324 e. The lowest BCUT2D eigenvalue weighted by Crippen LogP contribution is -2.24. The molecule has 2 aromatic carbocycles. The fourth-order valence-electron chi connectivity index (χ4n) is 2.00. The van der Waals surface area contributed by atoms with E-state index in [-0.39, 0.29) is 11.7 Å². The molecular weight excluding hydrogens is 271 g/mol. The molecule has 0 atom stereocenters. The van der Waals surface area contributed by atoms with Crippen molar-refractivity contribution in [3.8, 4) is 0 Å². The molecule has 104 valence electrons. The van der Waals surface area contributed by atoms with Gasteiger partial charge < -0.3 is 4.98 Å². The van der Waals surface area contributed by atoms with E-state index in [1.807, 2.05) is 6.07 Å². The van der Waals surface area contributed by atoms with Gasteiger partial charge in [-0.15, -0.1) is 0 Å². The number of amidine groups is 1. The summed E-state index contributed by atoms with van der Waals surface area (Å²) in [5.74, 6) is -0.429. The summed E-state index contributed by atoms with van der Waals surface area (Å²) >= 11 is 0. The standard InChI is InChI=1S/C15H11FN4O/c16-10-7-5-9(6-8-10)13(17)19-14-11-3-1-2-4-12(11)18-15(21)20-14/h1-8H,(H3,17,18,19,20,21). The molecule has 0 spiro atoms. The Morgan fingerprint density at radius 3 is 2.52 bits per heavy atom. The molecule has 0 aliphatic rings. The number of aromatic amines is 2. The van der Waals surface area contributed by atoms with E-state index in [2.05, 4.69) is 15.0 Å². The van der Waals surface area contributed by atoms with Crippen LogP contribution in [0.4, 0.5) is 4.39 Å². The summed E-state index contributed by atoms with van der Waals surface area (Å²) in [7, 11) is 0. The number of nitrogens with one attached hydrogen (secondary N) is 3. The van der Waals surface area contributed by atoms with E-state index in [1.165, 1.54) is 24.3 Å².